The second kappa shape index (κ2) is 9.72. The van der Waals surface area contributed by atoms with Crippen molar-refractivity contribution in [1.82, 2.24) is 4.57 Å². The second-order valence-corrected chi connectivity index (χ2v) is 11.4. The van der Waals surface area contributed by atoms with E-state index in [2.05, 4.69) is 107 Å². The molecule has 0 saturated carbocycles. The standard InChI is InChI=1S/C32H40BNO2/c1-7-9-11-23-13-19-29-27(21-23)28-22-24(12-10-8-2)14-20-30(28)34(29)26-17-15-25(16-18-26)33-35-31(3,4)32(5,6)36-33/h13-22H,7-12H2,1-6H3. The van der Waals surface area contributed by atoms with Gasteiger partial charge in [-0.1, -0.05) is 51.0 Å². The van der Waals surface area contributed by atoms with E-state index in [4.69, 9.17) is 9.31 Å². The van der Waals surface area contributed by atoms with Gasteiger partial charge in [0.2, 0.25) is 0 Å². The highest BCUT2D eigenvalue weighted by Gasteiger charge is 2.51. The summed E-state index contributed by atoms with van der Waals surface area (Å²) in [7, 11) is -0.343. The number of benzene rings is 3. The predicted octanol–water partition coefficient (Wildman–Crippen LogP) is 7.77. The summed E-state index contributed by atoms with van der Waals surface area (Å²) in [6.07, 6.45) is 7.17. The normalized spacial score (nSPS) is 16.9. The van der Waals surface area contributed by atoms with Crippen molar-refractivity contribution >= 4 is 34.4 Å². The van der Waals surface area contributed by atoms with Crippen LogP contribution >= 0.6 is 0 Å². The number of fused-ring (bicyclic) bond motifs is 3. The first-order chi connectivity index (χ1) is 17.2. The van der Waals surface area contributed by atoms with Crippen LogP contribution in [0.25, 0.3) is 27.5 Å². The van der Waals surface area contributed by atoms with E-state index >= 15 is 0 Å². The number of aromatic nitrogens is 1. The van der Waals surface area contributed by atoms with Crippen LogP contribution in [0.2, 0.25) is 0 Å². The minimum Gasteiger partial charge on any atom is -0.399 e. The van der Waals surface area contributed by atoms with E-state index in [1.54, 1.807) is 0 Å². The molecule has 0 amide bonds. The summed E-state index contributed by atoms with van der Waals surface area (Å²) in [6.45, 7) is 12.9. The third-order valence-electron chi connectivity index (χ3n) is 8.21. The van der Waals surface area contributed by atoms with Crippen molar-refractivity contribution in [3.63, 3.8) is 0 Å². The molecule has 1 fully saturated rings. The Hall–Kier alpha value is -2.56. The van der Waals surface area contributed by atoms with Gasteiger partial charge in [-0.3, -0.25) is 0 Å². The lowest BCUT2D eigenvalue weighted by Crippen LogP contribution is -2.41. The average molecular weight is 481 g/mol. The molecule has 36 heavy (non-hydrogen) atoms. The van der Waals surface area contributed by atoms with Gasteiger partial charge in [0, 0.05) is 16.5 Å². The van der Waals surface area contributed by atoms with Crippen LogP contribution in [0.1, 0.15) is 78.4 Å². The molecule has 188 valence electrons. The van der Waals surface area contributed by atoms with E-state index < -0.39 is 0 Å². The molecule has 1 saturated heterocycles. The van der Waals surface area contributed by atoms with Gasteiger partial charge in [-0.2, -0.15) is 0 Å². The van der Waals surface area contributed by atoms with Gasteiger partial charge in [-0.05, 0) is 106 Å². The molecule has 3 aromatic carbocycles. The van der Waals surface area contributed by atoms with E-state index in [0.29, 0.717) is 0 Å². The topological polar surface area (TPSA) is 23.4 Å². The molecule has 0 bridgehead atoms. The third-order valence-corrected chi connectivity index (χ3v) is 8.21. The highest BCUT2D eigenvalue weighted by molar-refractivity contribution is 6.62. The van der Waals surface area contributed by atoms with Gasteiger partial charge in [0.25, 0.3) is 0 Å². The van der Waals surface area contributed by atoms with E-state index in [-0.39, 0.29) is 18.3 Å². The molecule has 0 aliphatic carbocycles. The highest BCUT2D eigenvalue weighted by Crippen LogP contribution is 2.37. The fourth-order valence-corrected chi connectivity index (χ4v) is 5.23. The largest absolute Gasteiger partial charge is 0.494 e. The number of hydrogen-bond donors (Lipinski definition) is 0. The molecule has 3 nitrogen and oxygen atoms in total. The maximum atomic E-state index is 6.28. The Labute approximate surface area is 216 Å². The zero-order chi connectivity index (χ0) is 25.5. The second-order valence-electron chi connectivity index (χ2n) is 11.4. The van der Waals surface area contributed by atoms with Crippen LogP contribution in [0, 0.1) is 0 Å². The van der Waals surface area contributed by atoms with Crippen LogP contribution in [0.4, 0.5) is 0 Å². The Balaban J connectivity index is 1.57. The van der Waals surface area contributed by atoms with E-state index in [9.17, 15) is 0 Å². The van der Waals surface area contributed by atoms with Gasteiger partial charge in [0.1, 0.15) is 0 Å². The van der Waals surface area contributed by atoms with Crippen molar-refractivity contribution in [3.8, 4) is 5.69 Å². The van der Waals surface area contributed by atoms with Gasteiger partial charge in [0.15, 0.2) is 0 Å². The molecule has 5 rings (SSSR count). The lowest BCUT2D eigenvalue weighted by molar-refractivity contribution is 0.00578. The Kier molecular flexibility index (Phi) is 6.78. The molecule has 4 heteroatoms. The maximum absolute atomic E-state index is 6.28. The van der Waals surface area contributed by atoms with Gasteiger partial charge >= 0.3 is 7.12 Å². The monoisotopic (exact) mass is 481 g/mol. The maximum Gasteiger partial charge on any atom is 0.494 e. The number of unbranched alkanes of at least 4 members (excludes halogenated alkanes) is 2. The molecule has 0 atom stereocenters. The first-order valence-electron chi connectivity index (χ1n) is 13.8. The lowest BCUT2D eigenvalue weighted by atomic mass is 9.79. The fraction of sp³-hybridized carbons (Fsp3) is 0.438. The molecular weight excluding hydrogens is 441 g/mol. The molecule has 4 aromatic rings. The Bertz CT molecular complexity index is 1290. The van der Waals surface area contributed by atoms with Crippen molar-refractivity contribution in [2.45, 2.75) is 91.3 Å². The Morgan fingerprint density at radius 2 is 1.14 bits per heavy atom. The van der Waals surface area contributed by atoms with Crippen molar-refractivity contribution in [2.75, 3.05) is 0 Å². The number of aryl methyl sites for hydroxylation is 2. The summed E-state index contributed by atoms with van der Waals surface area (Å²) in [5.41, 5.74) is 6.93. The van der Waals surface area contributed by atoms with Crippen LogP contribution in [0.15, 0.2) is 60.7 Å². The number of rotatable bonds is 8. The molecule has 0 radical (unpaired) electrons. The predicted molar refractivity (Wildman–Crippen MR) is 154 cm³/mol. The fourth-order valence-electron chi connectivity index (χ4n) is 5.23. The molecule has 0 N–H and O–H groups in total. The first kappa shape index (κ1) is 25.1. The van der Waals surface area contributed by atoms with Crippen molar-refractivity contribution < 1.29 is 9.31 Å². The van der Waals surface area contributed by atoms with Crippen LogP contribution in [0.5, 0.6) is 0 Å². The molecule has 0 unspecified atom stereocenters. The molecule has 1 aliphatic rings. The summed E-state index contributed by atoms with van der Waals surface area (Å²) >= 11 is 0. The average Bonchev–Trinajstić information content (AvgIpc) is 3.30. The molecule has 2 heterocycles. The quantitative estimate of drug-likeness (QED) is 0.240. The summed E-state index contributed by atoms with van der Waals surface area (Å²) in [4.78, 5) is 0. The third kappa shape index (κ3) is 4.50. The number of nitrogens with zero attached hydrogens (tertiary/aromatic N) is 1. The summed E-state index contributed by atoms with van der Waals surface area (Å²) in [5, 5.41) is 2.71. The molecule has 0 spiro atoms. The van der Waals surface area contributed by atoms with Crippen molar-refractivity contribution in [2.24, 2.45) is 0 Å². The Morgan fingerprint density at radius 1 is 0.667 bits per heavy atom. The lowest BCUT2D eigenvalue weighted by Gasteiger charge is -2.32. The van der Waals surface area contributed by atoms with Crippen LogP contribution in [-0.4, -0.2) is 22.9 Å². The minimum absolute atomic E-state index is 0.339. The van der Waals surface area contributed by atoms with Crippen LogP contribution < -0.4 is 5.46 Å². The summed E-state index contributed by atoms with van der Waals surface area (Å²) in [6, 6.07) is 22.8. The zero-order valence-corrected chi connectivity index (χ0v) is 22.9. The molecular formula is C32H40BNO2. The van der Waals surface area contributed by atoms with Gasteiger partial charge < -0.3 is 13.9 Å². The molecule has 1 aromatic heterocycles. The number of hydrogen-bond acceptors (Lipinski definition) is 2. The van der Waals surface area contributed by atoms with Crippen molar-refractivity contribution in [3.05, 3.63) is 71.8 Å². The smallest absolute Gasteiger partial charge is 0.399 e. The minimum atomic E-state index is -0.343. The van der Waals surface area contributed by atoms with Gasteiger partial charge in [-0.15, -0.1) is 0 Å². The Morgan fingerprint density at radius 3 is 1.58 bits per heavy atom. The SMILES string of the molecule is CCCCc1ccc2c(c1)c1cc(CCCC)ccc1n2-c1ccc(B2OC(C)(C)C(C)(C)O2)cc1. The van der Waals surface area contributed by atoms with Gasteiger partial charge in [-0.25, -0.2) is 0 Å². The zero-order valence-electron chi connectivity index (χ0n) is 22.9. The summed E-state index contributed by atoms with van der Waals surface area (Å²) in [5.74, 6) is 0. The highest BCUT2D eigenvalue weighted by atomic mass is 16.7. The van der Waals surface area contributed by atoms with E-state index in [1.165, 1.54) is 58.6 Å². The molecule has 1 aliphatic heterocycles. The summed E-state index contributed by atoms with van der Waals surface area (Å²) < 4.78 is 15.0. The van der Waals surface area contributed by atoms with E-state index in [0.717, 1.165) is 24.0 Å². The first-order valence-corrected chi connectivity index (χ1v) is 13.8. The van der Waals surface area contributed by atoms with E-state index in [1.807, 2.05) is 0 Å². The van der Waals surface area contributed by atoms with Crippen molar-refractivity contribution in [1.29, 1.82) is 0 Å². The van der Waals surface area contributed by atoms with Gasteiger partial charge in [0.05, 0.1) is 22.2 Å². The van der Waals surface area contributed by atoms with Crippen LogP contribution in [-0.2, 0) is 22.2 Å². The van der Waals surface area contributed by atoms with Crippen LogP contribution in [0.3, 0.4) is 0 Å².